The molecule has 5 heteroatoms. The molecule has 0 aromatic heterocycles. The fourth-order valence-corrected chi connectivity index (χ4v) is 5.31. The van der Waals surface area contributed by atoms with Crippen LogP contribution in [0.25, 0.3) is 0 Å². The number of methoxy groups -OCH3 is 1. The third-order valence-electron chi connectivity index (χ3n) is 6.92. The Kier molecular flexibility index (Phi) is 5.67. The highest BCUT2D eigenvalue weighted by molar-refractivity contribution is 6.33. The number of rotatable bonds is 6. The second kappa shape index (κ2) is 8.01. The lowest BCUT2D eigenvalue weighted by molar-refractivity contribution is -0.139. The zero-order valence-corrected chi connectivity index (χ0v) is 18.9. The van der Waals surface area contributed by atoms with Gasteiger partial charge in [-0.05, 0) is 65.5 Å². The van der Waals surface area contributed by atoms with Gasteiger partial charge in [-0.1, -0.05) is 50.5 Å². The first-order chi connectivity index (χ1) is 14.7. The first-order valence-electron chi connectivity index (χ1n) is 11.1. The summed E-state index contributed by atoms with van der Waals surface area (Å²) in [5.41, 5.74) is 4.89. The highest BCUT2D eigenvalue weighted by Gasteiger charge is 2.60. The Morgan fingerprint density at radius 3 is 2.68 bits per heavy atom. The summed E-state index contributed by atoms with van der Waals surface area (Å²) in [4.78, 5) is 11.6. The molecular weight excluding hydrogens is 387 g/mol. The van der Waals surface area contributed by atoms with Crippen LogP contribution in [0.5, 0.6) is 5.75 Å². The zero-order valence-electron chi connectivity index (χ0n) is 18.9. The van der Waals surface area contributed by atoms with E-state index in [1.165, 1.54) is 11.1 Å². The number of fused-ring (bicyclic) bond motifs is 2. The Morgan fingerprint density at radius 1 is 1.26 bits per heavy atom. The first kappa shape index (κ1) is 21.9. The van der Waals surface area contributed by atoms with Crippen molar-refractivity contribution < 1.29 is 19.4 Å². The number of carboxylic acid groups (broad SMARTS) is 1. The van der Waals surface area contributed by atoms with Gasteiger partial charge in [0.25, 0.3) is 0 Å². The quantitative estimate of drug-likeness (QED) is 0.704. The van der Waals surface area contributed by atoms with E-state index in [9.17, 15) is 9.90 Å². The number of hydrogen-bond donors (Lipinski definition) is 1. The summed E-state index contributed by atoms with van der Waals surface area (Å²) in [7, 11) is 7.96. The van der Waals surface area contributed by atoms with Crippen LogP contribution in [0.1, 0.15) is 68.4 Å². The summed E-state index contributed by atoms with van der Waals surface area (Å²) < 4.78 is 11.9. The van der Waals surface area contributed by atoms with E-state index in [0.29, 0.717) is 6.61 Å². The molecule has 4 rings (SSSR count). The molecule has 4 nitrogen and oxygen atoms in total. The molecule has 31 heavy (non-hydrogen) atoms. The lowest BCUT2D eigenvalue weighted by Crippen LogP contribution is -2.26. The predicted octanol–water partition coefficient (Wildman–Crippen LogP) is 4.47. The molecule has 162 valence electrons. The van der Waals surface area contributed by atoms with E-state index >= 15 is 0 Å². The SMILES string of the molecule is [B]c1ccc(COc2ccc3c(c2)[C@@]2(CCC3)C[C@@H]2C(=O)O)cc1[C@@H](OC)C(C)(C)C. The molecule has 0 bridgehead atoms. The van der Waals surface area contributed by atoms with E-state index in [-0.39, 0.29) is 22.9 Å². The Balaban J connectivity index is 1.54. The van der Waals surface area contributed by atoms with Crippen molar-refractivity contribution >= 4 is 19.3 Å². The largest absolute Gasteiger partial charge is 0.489 e. The highest BCUT2D eigenvalue weighted by Crippen LogP contribution is 2.60. The molecule has 0 unspecified atom stereocenters. The minimum absolute atomic E-state index is 0.0832. The third-order valence-corrected chi connectivity index (χ3v) is 6.92. The summed E-state index contributed by atoms with van der Waals surface area (Å²) in [5.74, 6) is -0.154. The van der Waals surface area contributed by atoms with Gasteiger partial charge < -0.3 is 14.6 Å². The van der Waals surface area contributed by atoms with Crippen LogP contribution in [0.15, 0.2) is 36.4 Å². The molecule has 0 amide bonds. The van der Waals surface area contributed by atoms with Crippen molar-refractivity contribution in [2.45, 2.75) is 64.6 Å². The topological polar surface area (TPSA) is 55.8 Å². The summed E-state index contributed by atoms with van der Waals surface area (Å²) >= 11 is 0. The monoisotopic (exact) mass is 418 g/mol. The number of aryl methyl sites for hydroxylation is 1. The van der Waals surface area contributed by atoms with Crippen LogP contribution in [0, 0.1) is 11.3 Å². The number of aliphatic carboxylic acids is 1. The summed E-state index contributed by atoms with van der Waals surface area (Å²) in [5, 5.41) is 9.54. The normalized spacial score (nSPS) is 23.3. The number of carbonyl (C=O) groups is 1. The molecule has 1 spiro atoms. The van der Waals surface area contributed by atoms with Crippen molar-refractivity contribution in [3.05, 3.63) is 58.7 Å². The van der Waals surface area contributed by atoms with Crippen molar-refractivity contribution in [1.82, 2.24) is 0 Å². The summed E-state index contributed by atoms with van der Waals surface area (Å²) in [6, 6.07) is 12.1. The molecule has 2 aliphatic carbocycles. The second-order valence-corrected chi connectivity index (χ2v) is 10.2. The number of ether oxygens (including phenoxy) is 2. The molecule has 2 aliphatic rings. The van der Waals surface area contributed by atoms with Crippen LogP contribution in [0.2, 0.25) is 0 Å². The van der Waals surface area contributed by atoms with Gasteiger partial charge in [0.2, 0.25) is 0 Å². The van der Waals surface area contributed by atoms with Gasteiger partial charge in [-0.15, -0.1) is 0 Å². The maximum absolute atomic E-state index is 11.6. The molecule has 1 saturated carbocycles. The van der Waals surface area contributed by atoms with Crippen molar-refractivity contribution in [2.75, 3.05) is 7.11 Å². The Hall–Kier alpha value is -2.27. The van der Waals surface area contributed by atoms with Crippen LogP contribution in [-0.2, 0) is 28.0 Å². The first-order valence-corrected chi connectivity index (χ1v) is 11.1. The van der Waals surface area contributed by atoms with Gasteiger partial charge in [-0.3, -0.25) is 4.79 Å². The van der Waals surface area contributed by atoms with Crippen LogP contribution >= 0.6 is 0 Å². The van der Waals surface area contributed by atoms with Gasteiger partial charge in [0, 0.05) is 12.5 Å². The smallest absolute Gasteiger partial charge is 0.307 e. The van der Waals surface area contributed by atoms with Crippen molar-refractivity contribution in [2.24, 2.45) is 11.3 Å². The van der Waals surface area contributed by atoms with E-state index in [0.717, 1.165) is 48.0 Å². The van der Waals surface area contributed by atoms with E-state index in [4.69, 9.17) is 17.3 Å². The number of carboxylic acids is 1. The van der Waals surface area contributed by atoms with Crippen molar-refractivity contribution in [3.8, 4) is 5.75 Å². The van der Waals surface area contributed by atoms with Gasteiger partial charge in [0.15, 0.2) is 0 Å². The average Bonchev–Trinajstić information content (AvgIpc) is 3.43. The van der Waals surface area contributed by atoms with Crippen LogP contribution in [0.4, 0.5) is 0 Å². The Labute approximate surface area is 186 Å². The zero-order chi connectivity index (χ0) is 22.4. The fraction of sp³-hybridized carbons (Fsp3) is 0.500. The van der Waals surface area contributed by atoms with E-state index in [2.05, 4.69) is 39.0 Å². The van der Waals surface area contributed by atoms with Crippen molar-refractivity contribution in [3.63, 3.8) is 0 Å². The summed E-state index contributed by atoms with van der Waals surface area (Å²) in [6.07, 6.45) is 3.65. The summed E-state index contributed by atoms with van der Waals surface area (Å²) in [6.45, 7) is 6.82. The lowest BCUT2D eigenvalue weighted by atomic mass is 9.78. The number of benzene rings is 2. The van der Waals surface area contributed by atoms with Gasteiger partial charge in [0.05, 0.1) is 12.0 Å². The minimum atomic E-state index is -0.680. The second-order valence-electron chi connectivity index (χ2n) is 10.2. The van der Waals surface area contributed by atoms with Crippen LogP contribution in [0.3, 0.4) is 0 Å². The molecule has 2 aromatic rings. The molecule has 0 saturated heterocycles. The highest BCUT2D eigenvalue weighted by atomic mass is 16.5. The molecule has 1 fully saturated rings. The predicted molar refractivity (Wildman–Crippen MR) is 122 cm³/mol. The minimum Gasteiger partial charge on any atom is -0.489 e. The van der Waals surface area contributed by atoms with Gasteiger partial charge in [0.1, 0.15) is 20.2 Å². The maximum atomic E-state index is 11.6. The average molecular weight is 418 g/mol. The maximum Gasteiger partial charge on any atom is 0.307 e. The van der Waals surface area contributed by atoms with E-state index < -0.39 is 5.97 Å². The molecule has 3 atom stereocenters. The standard InChI is InChI=1S/C26H31BO4/c1-25(2,3)23(30-4)19-12-16(7-10-22(19)27)15-31-18-9-8-17-6-5-11-26(20(17)13-18)14-21(26)24(28)29/h7-10,12-13,21,23H,5-6,11,14-15H2,1-4H3,(H,28,29)/t21-,23-,26-/m1/s1. The molecule has 2 radical (unpaired) electrons. The lowest BCUT2D eigenvalue weighted by Gasteiger charge is -2.31. The molecular formula is C26H31BO4. The molecule has 2 aromatic carbocycles. The van der Waals surface area contributed by atoms with Crippen molar-refractivity contribution in [1.29, 1.82) is 0 Å². The van der Waals surface area contributed by atoms with Crippen LogP contribution < -0.4 is 10.2 Å². The van der Waals surface area contributed by atoms with Gasteiger partial charge in [-0.2, -0.15) is 0 Å². The van der Waals surface area contributed by atoms with Crippen LogP contribution in [-0.4, -0.2) is 26.0 Å². The number of hydrogen-bond acceptors (Lipinski definition) is 3. The molecule has 0 heterocycles. The van der Waals surface area contributed by atoms with E-state index in [1.54, 1.807) is 7.11 Å². The molecule has 1 N–H and O–H groups in total. The third kappa shape index (κ3) is 4.12. The fourth-order valence-electron chi connectivity index (χ4n) is 5.31. The Morgan fingerprint density at radius 2 is 2.03 bits per heavy atom. The molecule has 0 aliphatic heterocycles. The van der Waals surface area contributed by atoms with Gasteiger partial charge in [-0.25, -0.2) is 0 Å². The Bertz CT molecular complexity index is 993. The van der Waals surface area contributed by atoms with E-state index in [1.807, 2.05) is 18.2 Å². The van der Waals surface area contributed by atoms with Gasteiger partial charge >= 0.3 is 5.97 Å².